The normalized spacial score (nSPS) is 16.4. The molecule has 0 spiro atoms. The Labute approximate surface area is 175 Å². The summed E-state index contributed by atoms with van der Waals surface area (Å²) in [6.07, 6.45) is 1.61. The number of halogens is 1. The van der Waals surface area contributed by atoms with Gasteiger partial charge >= 0.3 is 0 Å². The van der Waals surface area contributed by atoms with Gasteiger partial charge in [-0.15, -0.1) is 11.8 Å². The van der Waals surface area contributed by atoms with E-state index in [0.717, 1.165) is 21.5 Å². The lowest BCUT2D eigenvalue weighted by atomic mass is 10.1. The predicted octanol–water partition coefficient (Wildman–Crippen LogP) is 5.07. The van der Waals surface area contributed by atoms with Crippen molar-refractivity contribution >= 4 is 45.2 Å². The SMILES string of the molecule is O=C(Nc1ccccc1Br)c1ccc([C@@H]2SCC(=O)N2Cc2ccco2)cc1. The van der Waals surface area contributed by atoms with Crippen LogP contribution in [-0.2, 0) is 11.3 Å². The zero-order valence-electron chi connectivity index (χ0n) is 14.8. The zero-order chi connectivity index (χ0) is 19.5. The number of carbonyl (C=O) groups is 2. The fourth-order valence-electron chi connectivity index (χ4n) is 3.03. The van der Waals surface area contributed by atoms with Crippen LogP contribution in [0.3, 0.4) is 0 Å². The summed E-state index contributed by atoms with van der Waals surface area (Å²) in [5, 5.41) is 2.81. The van der Waals surface area contributed by atoms with Gasteiger partial charge in [0.25, 0.3) is 5.91 Å². The van der Waals surface area contributed by atoms with Crippen LogP contribution in [0.2, 0.25) is 0 Å². The summed E-state index contributed by atoms with van der Waals surface area (Å²) >= 11 is 5.01. The molecule has 1 atom stereocenters. The van der Waals surface area contributed by atoms with Crippen LogP contribution in [0.1, 0.15) is 27.1 Å². The molecule has 0 bridgehead atoms. The molecule has 28 heavy (non-hydrogen) atoms. The second kappa shape index (κ2) is 8.24. The van der Waals surface area contributed by atoms with Crippen molar-refractivity contribution in [3.8, 4) is 0 Å². The van der Waals surface area contributed by atoms with Gasteiger partial charge in [0.05, 0.1) is 24.2 Å². The lowest BCUT2D eigenvalue weighted by Crippen LogP contribution is -2.27. The first-order chi connectivity index (χ1) is 13.6. The van der Waals surface area contributed by atoms with Crippen molar-refractivity contribution in [1.82, 2.24) is 4.90 Å². The second-order valence-corrected chi connectivity index (χ2v) is 8.24. The number of amides is 2. The van der Waals surface area contributed by atoms with Crippen LogP contribution in [-0.4, -0.2) is 22.5 Å². The van der Waals surface area contributed by atoms with E-state index >= 15 is 0 Å². The Morgan fingerprint density at radius 3 is 2.64 bits per heavy atom. The molecule has 1 aliphatic rings. The average Bonchev–Trinajstić information content (AvgIpc) is 3.35. The molecule has 1 saturated heterocycles. The molecule has 3 aromatic rings. The Morgan fingerprint density at radius 2 is 1.93 bits per heavy atom. The van der Waals surface area contributed by atoms with Gasteiger partial charge in [0.2, 0.25) is 5.91 Å². The minimum atomic E-state index is -0.180. The van der Waals surface area contributed by atoms with Crippen LogP contribution in [0, 0.1) is 0 Å². The summed E-state index contributed by atoms with van der Waals surface area (Å²) in [4.78, 5) is 26.6. The summed E-state index contributed by atoms with van der Waals surface area (Å²) in [6, 6.07) is 18.5. The quantitative estimate of drug-likeness (QED) is 0.581. The fourth-order valence-corrected chi connectivity index (χ4v) is 4.60. The van der Waals surface area contributed by atoms with Gasteiger partial charge in [-0.3, -0.25) is 9.59 Å². The number of anilines is 1. The van der Waals surface area contributed by atoms with Crippen molar-refractivity contribution in [2.75, 3.05) is 11.1 Å². The summed E-state index contributed by atoms with van der Waals surface area (Å²) in [5.41, 5.74) is 2.27. The van der Waals surface area contributed by atoms with E-state index in [1.807, 2.05) is 48.5 Å². The topological polar surface area (TPSA) is 62.6 Å². The van der Waals surface area contributed by atoms with Crippen LogP contribution in [0.5, 0.6) is 0 Å². The first kappa shape index (κ1) is 18.8. The molecule has 0 radical (unpaired) electrons. The Hall–Kier alpha value is -2.51. The monoisotopic (exact) mass is 456 g/mol. The molecule has 1 aromatic heterocycles. The van der Waals surface area contributed by atoms with E-state index in [1.54, 1.807) is 35.1 Å². The fraction of sp³-hybridized carbons (Fsp3) is 0.143. The molecule has 2 aromatic carbocycles. The lowest BCUT2D eigenvalue weighted by molar-refractivity contribution is -0.128. The third-order valence-electron chi connectivity index (χ3n) is 4.45. The Balaban J connectivity index is 1.48. The molecule has 1 N–H and O–H groups in total. The minimum absolute atomic E-state index is 0.0852. The minimum Gasteiger partial charge on any atom is -0.467 e. The van der Waals surface area contributed by atoms with Gasteiger partial charge in [0, 0.05) is 10.0 Å². The van der Waals surface area contributed by atoms with Gasteiger partial charge in [-0.1, -0.05) is 24.3 Å². The molecular formula is C21H17BrN2O3S. The summed E-state index contributed by atoms with van der Waals surface area (Å²) in [7, 11) is 0. The van der Waals surface area contributed by atoms with E-state index in [9.17, 15) is 9.59 Å². The highest BCUT2D eigenvalue weighted by atomic mass is 79.9. The number of nitrogens with zero attached hydrogens (tertiary/aromatic N) is 1. The van der Waals surface area contributed by atoms with E-state index in [-0.39, 0.29) is 17.2 Å². The number of benzene rings is 2. The first-order valence-corrected chi connectivity index (χ1v) is 10.6. The molecule has 2 heterocycles. The van der Waals surface area contributed by atoms with E-state index in [0.29, 0.717) is 17.9 Å². The molecule has 7 heteroatoms. The first-order valence-electron chi connectivity index (χ1n) is 8.71. The maximum Gasteiger partial charge on any atom is 0.255 e. The van der Waals surface area contributed by atoms with E-state index < -0.39 is 0 Å². The number of furan rings is 1. The van der Waals surface area contributed by atoms with Gasteiger partial charge in [-0.25, -0.2) is 0 Å². The standard InChI is InChI=1S/C21H17BrN2O3S/c22-17-5-1-2-6-18(17)23-20(26)14-7-9-15(10-8-14)21-24(19(25)13-28-21)12-16-4-3-11-27-16/h1-11,21H,12-13H2,(H,23,26)/t21-/m0/s1. The number of thioether (sulfide) groups is 1. The van der Waals surface area contributed by atoms with Crippen LogP contribution < -0.4 is 5.32 Å². The molecule has 5 nitrogen and oxygen atoms in total. The zero-order valence-corrected chi connectivity index (χ0v) is 17.2. The van der Waals surface area contributed by atoms with Gasteiger partial charge < -0.3 is 14.6 Å². The van der Waals surface area contributed by atoms with Crippen molar-refractivity contribution < 1.29 is 14.0 Å². The number of hydrogen-bond acceptors (Lipinski definition) is 4. The number of rotatable bonds is 5. The second-order valence-electron chi connectivity index (χ2n) is 6.32. The Kier molecular flexibility index (Phi) is 5.54. The van der Waals surface area contributed by atoms with Crippen molar-refractivity contribution in [2.24, 2.45) is 0 Å². The van der Waals surface area contributed by atoms with Crippen molar-refractivity contribution in [3.63, 3.8) is 0 Å². The molecule has 4 rings (SSSR count). The highest BCUT2D eigenvalue weighted by molar-refractivity contribution is 9.10. The van der Waals surface area contributed by atoms with E-state index in [1.165, 1.54) is 0 Å². The van der Waals surface area contributed by atoms with E-state index in [4.69, 9.17) is 4.42 Å². The average molecular weight is 457 g/mol. The summed E-state index contributed by atoms with van der Waals surface area (Å²) < 4.78 is 6.21. The number of nitrogens with one attached hydrogen (secondary N) is 1. The van der Waals surface area contributed by atoms with Crippen LogP contribution in [0.4, 0.5) is 5.69 Å². The number of para-hydroxylation sites is 1. The maximum absolute atomic E-state index is 12.5. The Bertz CT molecular complexity index is 989. The molecule has 1 aliphatic heterocycles. The van der Waals surface area contributed by atoms with Crippen molar-refractivity contribution in [3.05, 3.63) is 88.3 Å². The number of carbonyl (C=O) groups excluding carboxylic acids is 2. The molecule has 142 valence electrons. The van der Waals surface area contributed by atoms with Gasteiger partial charge in [-0.05, 0) is 57.9 Å². The van der Waals surface area contributed by atoms with Crippen LogP contribution in [0.25, 0.3) is 0 Å². The lowest BCUT2D eigenvalue weighted by Gasteiger charge is -2.23. The van der Waals surface area contributed by atoms with Gasteiger partial charge in [-0.2, -0.15) is 0 Å². The molecule has 0 saturated carbocycles. The largest absolute Gasteiger partial charge is 0.467 e. The van der Waals surface area contributed by atoms with Gasteiger partial charge in [0.1, 0.15) is 11.1 Å². The molecule has 1 fully saturated rings. The van der Waals surface area contributed by atoms with Crippen molar-refractivity contribution in [2.45, 2.75) is 11.9 Å². The Morgan fingerprint density at radius 1 is 1.14 bits per heavy atom. The summed E-state index contributed by atoms with van der Waals surface area (Å²) in [5.74, 6) is 1.10. The van der Waals surface area contributed by atoms with Crippen LogP contribution >= 0.6 is 27.7 Å². The smallest absolute Gasteiger partial charge is 0.255 e. The van der Waals surface area contributed by atoms with Crippen LogP contribution in [0.15, 0.2) is 75.8 Å². The van der Waals surface area contributed by atoms with E-state index in [2.05, 4.69) is 21.2 Å². The third-order valence-corrected chi connectivity index (χ3v) is 6.40. The summed E-state index contributed by atoms with van der Waals surface area (Å²) in [6.45, 7) is 0.438. The highest BCUT2D eigenvalue weighted by Crippen LogP contribution is 2.39. The number of hydrogen-bond donors (Lipinski definition) is 1. The molecule has 2 amide bonds. The highest BCUT2D eigenvalue weighted by Gasteiger charge is 2.33. The molecule has 0 unspecified atom stereocenters. The van der Waals surface area contributed by atoms with Gasteiger partial charge in [0.15, 0.2) is 0 Å². The third kappa shape index (κ3) is 4.00. The maximum atomic E-state index is 12.5. The van der Waals surface area contributed by atoms with Crippen molar-refractivity contribution in [1.29, 1.82) is 0 Å². The molecule has 0 aliphatic carbocycles. The molecular weight excluding hydrogens is 440 g/mol. The predicted molar refractivity (Wildman–Crippen MR) is 113 cm³/mol.